The van der Waals surface area contributed by atoms with E-state index in [1.165, 1.54) is 19.2 Å². The molecule has 1 aromatic heterocycles. The first-order valence-corrected chi connectivity index (χ1v) is 4.88. The third-order valence-corrected chi connectivity index (χ3v) is 1.99. The Morgan fingerprint density at radius 2 is 2.29 bits per heavy atom. The Morgan fingerprint density at radius 1 is 1.59 bits per heavy atom. The van der Waals surface area contributed by atoms with E-state index in [4.69, 9.17) is 9.52 Å². The monoisotopic (exact) mass is 249 g/mol. The second-order valence-corrected chi connectivity index (χ2v) is 3.29. The van der Waals surface area contributed by atoms with Crippen LogP contribution < -0.4 is 5.32 Å². The second-order valence-electron chi connectivity index (χ2n) is 3.29. The van der Waals surface area contributed by atoms with E-state index in [9.17, 15) is 13.6 Å². The van der Waals surface area contributed by atoms with Gasteiger partial charge in [0.15, 0.2) is 0 Å². The van der Waals surface area contributed by atoms with E-state index in [1.807, 2.05) is 0 Å². The summed E-state index contributed by atoms with van der Waals surface area (Å²) in [5, 5.41) is 11.4. The number of methoxy groups -OCH3 is 1. The molecule has 1 unspecified atom stereocenters. The summed E-state index contributed by atoms with van der Waals surface area (Å²) in [7, 11) is 1.22. The SMILES string of the molecule is COC(=O)c1ccc(CNCC(O)C(F)F)o1. The lowest BCUT2D eigenvalue weighted by Gasteiger charge is -2.09. The molecule has 96 valence electrons. The molecule has 0 saturated heterocycles. The van der Waals surface area contributed by atoms with Gasteiger partial charge in [0.1, 0.15) is 11.9 Å². The minimum Gasteiger partial charge on any atom is -0.463 e. The first kappa shape index (κ1) is 13.6. The third kappa shape index (κ3) is 4.12. The molecule has 0 saturated carbocycles. The zero-order valence-electron chi connectivity index (χ0n) is 9.15. The van der Waals surface area contributed by atoms with Gasteiger partial charge in [-0.05, 0) is 12.1 Å². The van der Waals surface area contributed by atoms with Gasteiger partial charge in [0.25, 0.3) is 6.43 Å². The molecular formula is C10H13F2NO4. The molecule has 0 aliphatic rings. The van der Waals surface area contributed by atoms with Crippen LogP contribution in [-0.4, -0.2) is 37.3 Å². The van der Waals surface area contributed by atoms with Gasteiger partial charge >= 0.3 is 5.97 Å². The summed E-state index contributed by atoms with van der Waals surface area (Å²) in [6, 6.07) is 2.94. The molecule has 2 N–H and O–H groups in total. The lowest BCUT2D eigenvalue weighted by Crippen LogP contribution is -2.31. The Balaban J connectivity index is 2.37. The normalized spacial score (nSPS) is 12.8. The number of nitrogens with one attached hydrogen (secondary N) is 1. The molecule has 0 radical (unpaired) electrons. The Hall–Kier alpha value is -1.47. The van der Waals surface area contributed by atoms with Crippen molar-refractivity contribution in [2.75, 3.05) is 13.7 Å². The number of halogens is 2. The number of aliphatic hydroxyl groups is 1. The first-order chi connectivity index (χ1) is 8.04. The maximum absolute atomic E-state index is 11.9. The Bertz CT molecular complexity index is 367. The molecule has 5 nitrogen and oxygen atoms in total. The quantitative estimate of drug-likeness (QED) is 0.729. The van der Waals surface area contributed by atoms with Gasteiger partial charge in [-0.3, -0.25) is 0 Å². The lowest BCUT2D eigenvalue weighted by atomic mass is 10.3. The van der Waals surface area contributed by atoms with Gasteiger partial charge in [-0.25, -0.2) is 13.6 Å². The molecule has 1 rings (SSSR count). The molecule has 0 aliphatic carbocycles. The summed E-state index contributed by atoms with van der Waals surface area (Å²) in [5.74, 6) is -0.172. The van der Waals surface area contributed by atoms with Crippen LogP contribution in [0.3, 0.4) is 0 Å². The van der Waals surface area contributed by atoms with Crippen LogP contribution in [0.15, 0.2) is 16.5 Å². The van der Waals surface area contributed by atoms with Crippen molar-refractivity contribution in [2.45, 2.75) is 19.1 Å². The van der Waals surface area contributed by atoms with Crippen molar-refractivity contribution in [3.8, 4) is 0 Å². The van der Waals surface area contributed by atoms with Crippen LogP contribution >= 0.6 is 0 Å². The van der Waals surface area contributed by atoms with Crippen molar-refractivity contribution in [2.24, 2.45) is 0 Å². The van der Waals surface area contributed by atoms with E-state index in [0.717, 1.165) is 0 Å². The van der Waals surface area contributed by atoms with Gasteiger partial charge in [0.05, 0.1) is 13.7 Å². The molecule has 0 bridgehead atoms. The molecule has 1 atom stereocenters. The maximum Gasteiger partial charge on any atom is 0.373 e. The number of ether oxygens (including phenoxy) is 1. The number of carbonyl (C=O) groups is 1. The van der Waals surface area contributed by atoms with Crippen molar-refractivity contribution in [3.05, 3.63) is 23.7 Å². The fourth-order valence-corrected chi connectivity index (χ4v) is 1.12. The van der Waals surface area contributed by atoms with E-state index >= 15 is 0 Å². The van der Waals surface area contributed by atoms with E-state index in [2.05, 4.69) is 10.1 Å². The molecule has 1 aromatic rings. The Kier molecular flexibility index (Phi) is 5.05. The lowest BCUT2D eigenvalue weighted by molar-refractivity contribution is -0.00360. The average molecular weight is 249 g/mol. The number of rotatable bonds is 6. The van der Waals surface area contributed by atoms with Crippen LogP contribution in [0.5, 0.6) is 0 Å². The van der Waals surface area contributed by atoms with Crippen molar-refractivity contribution in [3.63, 3.8) is 0 Å². The van der Waals surface area contributed by atoms with Crippen LogP contribution in [-0.2, 0) is 11.3 Å². The third-order valence-electron chi connectivity index (χ3n) is 1.99. The molecule has 0 aliphatic heterocycles. The van der Waals surface area contributed by atoms with Gasteiger partial charge in [0.2, 0.25) is 5.76 Å². The summed E-state index contributed by atoms with van der Waals surface area (Å²) in [5.41, 5.74) is 0. The van der Waals surface area contributed by atoms with Crippen molar-refractivity contribution < 1.29 is 27.8 Å². The minimum absolute atomic E-state index is 0.0405. The van der Waals surface area contributed by atoms with E-state index in [0.29, 0.717) is 5.76 Å². The van der Waals surface area contributed by atoms with Crippen LogP contribution in [0.2, 0.25) is 0 Å². The van der Waals surface area contributed by atoms with Gasteiger partial charge in [-0.1, -0.05) is 0 Å². The zero-order chi connectivity index (χ0) is 12.8. The minimum atomic E-state index is -2.79. The largest absolute Gasteiger partial charge is 0.463 e. The first-order valence-electron chi connectivity index (χ1n) is 4.88. The fourth-order valence-electron chi connectivity index (χ4n) is 1.12. The molecule has 7 heteroatoms. The zero-order valence-corrected chi connectivity index (χ0v) is 9.15. The highest BCUT2D eigenvalue weighted by atomic mass is 19.3. The summed E-state index contributed by atoms with van der Waals surface area (Å²) in [6.07, 6.45) is -4.50. The average Bonchev–Trinajstić information content (AvgIpc) is 2.76. The van der Waals surface area contributed by atoms with E-state index in [-0.39, 0.29) is 18.8 Å². The highest BCUT2D eigenvalue weighted by Crippen LogP contribution is 2.08. The van der Waals surface area contributed by atoms with Crippen LogP contribution in [0.25, 0.3) is 0 Å². The van der Waals surface area contributed by atoms with Crippen LogP contribution in [0, 0.1) is 0 Å². The maximum atomic E-state index is 11.9. The van der Waals surface area contributed by atoms with Gasteiger partial charge in [0, 0.05) is 6.54 Å². The number of aliphatic hydroxyl groups excluding tert-OH is 1. The number of hydrogen-bond acceptors (Lipinski definition) is 5. The Labute approximate surface area is 96.4 Å². The molecule has 0 aromatic carbocycles. The molecule has 0 spiro atoms. The Morgan fingerprint density at radius 3 is 2.88 bits per heavy atom. The van der Waals surface area contributed by atoms with Gasteiger partial charge < -0.3 is 19.6 Å². The van der Waals surface area contributed by atoms with E-state index < -0.39 is 18.5 Å². The molecule has 0 fully saturated rings. The number of hydrogen-bond donors (Lipinski definition) is 2. The van der Waals surface area contributed by atoms with Gasteiger partial charge in [-0.2, -0.15) is 0 Å². The molecule has 17 heavy (non-hydrogen) atoms. The molecular weight excluding hydrogens is 236 g/mol. The fraction of sp³-hybridized carbons (Fsp3) is 0.500. The van der Waals surface area contributed by atoms with Gasteiger partial charge in [-0.15, -0.1) is 0 Å². The number of esters is 1. The highest BCUT2D eigenvalue weighted by molar-refractivity contribution is 5.86. The topological polar surface area (TPSA) is 71.7 Å². The predicted molar refractivity (Wildman–Crippen MR) is 53.8 cm³/mol. The standard InChI is InChI=1S/C10H13F2NO4/c1-16-10(15)8-3-2-6(17-8)4-13-5-7(14)9(11)12/h2-3,7,9,13-14H,4-5H2,1H3. The highest BCUT2D eigenvalue weighted by Gasteiger charge is 2.16. The van der Waals surface area contributed by atoms with Crippen LogP contribution in [0.1, 0.15) is 16.3 Å². The summed E-state index contributed by atoms with van der Waals surface area (Å²) < 4.78 is 33.4. The second kappa shape index (κ2) is 6.31. The number of alkyl halides is 2. The smallest absolute Gasteiger partial charge is 0.373 e. The number of furan rings is 1. The predicted octanol–water partition coefficient (Wildman–Crippen LogP) is 0.782. The van der Waals surface area contributed by atoms with Crippen molar-refractivity contribution in [1.29, 1.82) is 0 Å². The van der Waals surface area contributed by atoms with Crippen molar-refractivity contribution in [1.82, 2.24) is 5.32 Å². The summed E-state index contributed by atoms with van der Waals surface area (Å²) in [6.45, 7) is -0.118. The van der Waals surface area contributed by atoms with Crippen molar-refractivity contribution >= 4 is 5.97 Å². The van der Waals surface area contributed by atoms with E-state index in [1.54, 1.807) is 0 Å². The number of carbonyl (C=O) groups excluding carboxylic acids is 1. The summed E-state index contributed by atoms with van der Waals surface area (Å²) >= 11 is 0. The van der Waals surface area contributed by atoms with Crippen LogP contribution in [0.4, 0.5) is 8.78 Å². The molecule has 0 amide bonds. The summed E-state index contributed by atoms with van der Waals surface area (Å²) in [4.78, 5) is 11.0. The molecule has 1 heterocycles.